The fourth-order valence-corrected chi connectivity index (χ4v) is 3.16. The van der Waals surface area contributed by atoms with Crippen molar-refractivity contribution in [3.63, 3.8) is 0 Å². The highest BCUT2D eigenvalue weighted by atomic mass is 16.5. The van der Waals surface area contributed by atoms with Gasteiger partial charge in [0.1, 0.15) is 0 Å². The Labute approximate surface area is 189 Å². The number of benzene rings is 1. The van der Waals surface area contributed by atoms with Crippen LogP contribution in [0.5, 0.6) is 11.5 Å². The van der Waals surface area contributed by atoms with Crippen molar-refractivity contribution in [2.24, 2.45) is 12.1 Å². The standard InChI is InChI=1S/C21H28N6O6/c1-12(2)33-11-14(28)10-27-17-18(26(3)21(30)24-19(17)29)23-20(27)25-22-9-13-6-7-15(31-4)16(8-13)32-5/h6-9,12,14,28H,10-11H2,1-5H3,(H,23,25)(H,24,29,30)/b22-9+/t14-/m1/s1. The molecule has 0 amide bonds. The van der Waals surface area contributed by atoms with Crippen LogP contribution in [0.25, 0.3) is 11.2 Å². The first-order valence-electron chi connectivity index (χ1n) is 10.3. The summed E-state index contributed by atoms with van der Waals surface area (Å²) < 4.78 is 18.7. The molecule has 3 N–H and O–H groups in total. The molecular weight excluding hydrogens is 432 g/mol. The summed E-state index contributed by atoms with van der Waals surface area (Å²) in [6.45, 7) is 3.78. The number of aliphatic hydroxyl groups is 1. The zero-order valence-corrected chi connectivity index (χ0v) is 19.2. The van der Waals surface area contributed by atoms with Gasteiger partial charge >= 0.3 is 5.69 Å². The minimum atomic E-state index is -0.920. The van der Waals surface area contributed by atoms with Crippen molar-refractivity contribution in [1.29, 1.82) is 0 Å². The summed E-state index contributed by atoms with van der Waals surface area (Å²) in [5.74, 6) is 1.31. The predicted molar refractivity (Wildman–Crippen MR) is 123 cm³/mol. The maximum atomic E-state index is 12.5. The van der Waals surface area contributed by atoms with Gasteiger partial charge in [-0.15, -0.1) is 0 Å². The number of aryl methyl sites for hydroxylation is 1. The molecule has 2 heterocycles. The fourth-order valence-electron chi connectivity index (χ4n) is 3.16. The number of hydrogen-bond donors (Lipinski definition) is 3. The summed E-state index contributed by atoms with van der Waals surface area (Å²) in [5, 5.41) is 14.6. The molecule has 0 aliphatic carbocycles. The molecule has 0 fully saturated rings. The number of nitrogens with zero attached hydrogens (tertiary/aromatic N) is 4. The Hall–Kier alpha value is -3.64. The zero-order chi connectivity index (χ0) is 24.1. The SMILES string of the molecule is COc1ccc(/C=N/Nc2nc3c(c(=O)[nH]c(=O)n3C)n2C[C@@H](O)COC(C)C)cc1OC. The van der Waals surface area contributed by atoms with Crippen molar-refractivity contribution in [3.8, 4) is 11.5 Å². The van der Waals surface area contributed by atoms with Crippen LogP contribution in [0.3, 0.4) is 0 Å². The van der Waals surface area contributed by atoms with Crippen LogP contribution in [0.2, 0.25) is 0 Å². The number of aromatic nitrogens is 4. The van der Waals surface area contributed by atoms with E-state index in [1.807, 2.05) is 13.8 Å². The van der Waals surface area contributed by atoms with Crippen LogP contribution in [-0.4, -0.2) is 63.5 Å². The Kier molecular flexibility index (Phi) is 7.51. The van der Waals surface area contributed by atoms with Gasteiger partial charge in [0.15, 0.2) is 22.7 Å². The molecule has 1 aromatic carbocycles. The van der Waals surface area contributed by atoms with E-state index in [9.17, 15) is 14.7 Å². The van der Waals surface area contributed by atoms with Crippen molar-refractivity contribution >= 4 is 23.3 Å². The lowest BCUT2D eigenvalue weighted by Gasteiger charge is -2.15. The number of fused-ring (bicyclic) bond motifs is 1. The Morgan fingerprint density at radius 2 is 1.97 bits per heavy atom. The molecular formula is C21H28N6O6. The highest BCUT2D eigenvalue weighted by Gasteiger charge is 2.20. The maximum Gasteiger partial charge on any atom is 0.329 e. The monoisotopic (exact) mass is 460 g/mol. The van der Waals surface area contributed by atoms with Gasteiger partial charge in [0.25, 0.3) is 5.56 Å². The van der Waals surface area contributed by atoms with E-state index in [1.165, 1.54) is 29.5 Å². The van der Waals surface area contributed by atoms with E-state index in [0.717, 1.165) is 5.56 Å². The number of ether oxygens (including phenoxy) is 3. The molecule has 0 aliphatic heterocycles. The maximum absolute atomic E-state index is 12.5. The molecule has 3 aromatic rings. The van der Waals surface area contributed by atoms with Crippen molar-refractivity contribution in [3.05, 3.63) is 44.6 Å². The van der Waals surface area contributed by atoms with Gasteiger partial charge in [0.05, 0.1) is 45.8 Å². The van der Waals surface area contributed by atoms with Crippen LogP contribution in [0.15, 0.2) is 32.9 Å². The topological polar surface area (TPSA) is 145 Å². The summed E-state index contributed by atoms with van der Waals surface area (Å²) in [4.78, 5) is 31.1. The van der Waals surface area contributed by atoms with E-state index in [-0.39, 0.29) is 36.4 Å². The second-order valence-electron chi connectivity index (χ2n) is 7.56. The van der Waals surface area contributed by atoms with E-state index in [4.69, 9.17) is 14.2 Å². The van der Waals surface area contributed by atoms with Crippen molar-refractivity contribution in [2.45, 2.75) is 32.6 Å². The van der Waals surface area contributed by atoms with Crippen LogP contribution < -0.4 is 26.1 Å². The Bertz CT molecular complexity index is 1260. The summed E-state index contributed by atoms with van der Waals surface area (Å²) in [6, 6.07) is 5.28. The van der Waals surface area contributed by atoms with Crippen LogP contribution in [-0.2, 0) is 18.3 Å². The molecule has 0 saturated heterocycles. The third-order valence-corrected chi connectivity index (χ3v) is 4.81. The minimum Gasteiger partial charge on any atom is -0.493 e. The number of hydrazone groups is 1. The number of methoxy groups -OCH3 is 2. The van der Waals surface area contributed by atoms with E-state index >= 15 is 0 Å². The lowest BCUT2D eigenvalue weighted by Crippen LogP contribution is -2.30. The summed E-state index contributed by atoms with van der Waals surface area (Å²) in [6.07, 6.45) is 0.552. The minimum absolute atomic E-state index is 0.00127. The summed E-state index contributed by atoms with van der Waals surface area (Å²) in [5.41, 5.74) is 2.59. The number of nitrogens with one attached hydrogen (secondary N) is 2. The molecule has 12 heteroatoms. The zero-order valence-electron chi connectivity index (χ0n) is 19.2. The molecule has 12 nitrogen and oxygen atoms in total. The Morgan fingerprint density at radius 3 is 2.64 bits per heavy atom. The molecule has 0 spiro atoms. The van der Waals surface area contributed by atoms with E-state index in [2.05, 4.69) is 20.5 Å². The quantitative estimate of drug-likeness (QED) is 0.296. The van der Waals surface area contributed by atoms with E-state index in [1.54, 1.807) is 25.3 Å². The lowest BCUT2D eigenvalue weighted by atomic mass is 10.2. The first-order valence-corrected chi connectivity index (χ1v) is 10.3. The van der Waals surface area contributed by atoms with Gasteiger partial charge in [-0.1, -0.05) is 0 Å². The van der Waals surface area contributed by atoms with E-state index < -0.39 is 17.4 Å². The van der Waals surface area contributed by atoms with Gasteiger partial charge in [-0.05, 0) is 37.6 Å². The number of rotatable bonds is 10. The highest BCUT2D eigenvalue weighted by Crippen LogP contribution is 2.27. The molecule has 0 unspecified atom stereocenters. The third-order valence-electron chi connectivity index (χ3n) is 4.81. The largest absolute Gasteiger partial charge is 0.493 e. The number of aromatic amines is 1. The average Bonchev–Trinajstić information content (AvgIpc) is 3.14. The third kappa shape index (κ3) is 5.41. The van der Waals surface area contributed by atoms with Crippen LogP contribution >= 0.6 is 0 Å². The fraction of sp³-hybridized carbons (Fsp3) is 0.429. The van der Waals surface area contributed by atoms with Gasteiger partial charge in [-0.25, -0.2) is 10.2 Å². The number of hydrogen-bond acceptors (Lipinski definition) is 9. The van der Waals surface area contributed by atoms with Crippen LogP contribution in [0.4, 0.5) is 5.95 Å². The Morgan fingerprint density at radius 1 is 1.24 bits per heavy atom. The van der Waals surface area contributed by atoms with Gasteiger partial charge in [0.2, 0.25) is 5.95 Å². The number of imidazole rings is 1. The van der Waals surface area contributed by atoms with Gasteiger partial charge in [-0.3, -0.25) is 14.3 Å². The van der Waals surface area contributed by atoms with Crippen LogP contribution in [0, 0.1) is 0 Å². The molecule has 178 valence electrons. The first-order chi connectivity index (χ1) is 15.7. The molecule has 3 rings (SSSR count). The molecule has 1 atom stereocenters. The molecule has 0 bridgehead atoms. The second kappa shape index (κ2) is 10.3. The van der Waals surface area contributed by atoms with Crippen molar-refractivity contribution < 1.29 is 19.3 Å². The normalized spacial score (nSPS) is 12.6. The first kappa shape index (κ1) is 24.0. The predicted octanol–water partition coefficient (Wildman–Crippen LogP) is 0.672. The molecule has 33 heavy (non-hydrogen) atoms. The van der Waals surface area contributed by atoms with E-state index in [0.29, 0.717) is 11.5 Å². The highest BCUT2D eigenvalue weighted by molar-refractivity contribution is 5.81. The van der Waals surface area contributed by atoms with Gasteiger partial charge < -0.3 is 23.9 Å². The average molecular weight is 460 g/mol. The summed E-state index contributed by atoms with van der Waals surface area (Å²) in [7, 11) is 4.58. The van der Waals surface area contributed by atoms with Gasteiger partial charge in [-0.2, -0.15) is 10.1 Å². The second-order valence-corrected chi connectivity index (χ2v) is 7.56. The number of anilines is 1. The summed E-state index contributed by atoms with van der Waals surface area (Å²) >= 11 is 0. The Balaban J connectivity index is 1.95. The smallest absolute Gasteiger partial charge is 0.329 e. The molecule has 0 radical (unpaired) electrons. The molecule has 0 saturated carbocycles. The lowest BCUT2D eigenvalue weighted by molar-refractivity contribution is -0.000105. The molecule has 2 aromatic heterocycles. The van der Waals surface area contributed by atoms with Crippen molar-refractivity contribution in [1.82, 2.24) is 19.1 Å². The molecule has 0 aliphatic rings. The van der Waals surface area contributed by atoms with Crippen molar-refractivity contribution in [2.75, 3.05) is 26.3 Å². The number of H-pyrrole nitrogens is 1. The number of aliphatic hydroxyl groups excluding tert-OH is 1. The van der Waals surface area contributed by atoms with Crippen LogP contribution in [0.1, 0.15) is 19.4 Å². The van der Waals surface area contributed by atoms with Gasteiger partial charge in [0, 0.05) is 7.05 Å².